The van der Waals surface area contributed by atoms with Crippen molar-refractivity contribution in [3.05, 3.63) is 42.2 Å². The predicted molar refractivity (Wildman–Crippen MR) is 69.6 cm³/mol. The van der Waals surface area contributed by atoms with Crippen molar-refractivity contribution in [2.45, 2.75) is 19.4 Å². The molecular formula is C15H15NO2. The lowest BCUT2D eigenvalue weighted by Crippen LogP contribution is -2.25. The Morgan fingerprint density at radius 1 is 1.39 bits per heavy atom. The van der Waals surface area contributed by atoms with Crippen LogP contribution in [0.5, 0.6) is 0 Å². The van der Waals surface area contributed by atoms with Crippen LogP contribution >= 0.6 is 0 Å². The van der Waals surface area contributed by atoms with Crippen LogP contribution in [0, 0.1) is 5.92 Å². The summed E-state index contributed by atoms with van der Waals surface area (Å²) in [5, 5.41) is 1.95. The van der Waals surface area contributed by atoms with Gasteiger partial charge in [0.15, 0.2) is 5.78 Å². The minimum Gasteiger partial charge on any atom is -0.370 e. The summed E-state index contributed by atoms with van der Waals surface area (Å²) in [4.78, 5) is 16.6. The molecule has 2 atom stereocenters. The average molecular weight is 241 g/mol. The van der Waals surface area contributed by atoms with E-state index in [1.165, 1.54) is 0 Å². The molecule has 1 aromatic heterocycles. The van der Waals surface area contributed by atoms with Crippen LogP contribution in [-0.2, 0) is 4.74 Å². The largest absolute Gasteiger partial charge is 0.370 e. The van der Waals surface area contributed by atoms with Gasteiger partial charge in [0, 0.05) is 30.0 Å². The molecule has 0 bridgehead atoms. The summed E-state index contributed by atoms with van der Waals surface area (Å²) in [5.74, 6) is 0.378. The maximum Gasteiger partial charge on any atom is 0.192 e. The van der Waals surface area contributed by atoms with E-state index >= 15 is 0 Å². The highest BCUT2D eigenvalue weighted by molar-refractivity contribution is 6.10. The maximum atomic E-state index is 12.5. The fourth-order valence-electron chi connectivity index (χ4n) is 2.51. The van der Waals surface area contributed by atoms with Gasteiger partial charge < -0.3 is 4.74 Å². The number of carbonyl (C=O) groups excluding carboxylic acids is 1. The second-order valence-corrected chi connectivity index (χ2v) is 4.82. The van der Waals surface area contributed by atoms with Crippen LogP contribution in [-0.4, -0.2) is 23.5 Å². The first kappa shape index (κ1) is 11.4. The molecule has 0 N–H and O–H groups in total. The van der Waals surface area contributed by atoms with Gasteiger partial charge >= 0.3 is 0 Å². The van der Waals surface area contributed by atoms with Crippen LogP contribution in [0.4, 0.5) is 0 Å². The van der Waals surface area contributed by atoms with E-state index in [1.807, 2.05) is 24.3 Å². The topological polar surface area (TPSA) is 39.2 Å². The Kier molecular flexibility index (Phi) is 2.84. The second-order valence-electron chi connectivity index (χ2n) is 4.82. The summed E-state index contributed by atoms with van der Waals surface area (Å²) >= 11 is 0. The van der Waals surface area contributed by atoms with Crippen molar-refractivity contribution < 1.29 is 9.53 Å². The van der Waals surface area contributed by atoms with E-state index in [0.717, 1.165) is 22.8 Å². The number of Topliss-reactive ketones (excluding diaryl/α,β-unsaturated/α-hetero) is 1. The van der Waals surface area contributed by atoms with Crippen LogP contribution in [0.2, 0.25) is 0 Å². The number of rotatable bonds is 2. The summed E-state index contributed by atoms with van der Waals surface area (Å²) in [5.41, 5.74) is 0.722. The van der Waals surface area contributed by atoms with Crippen LogP contribution in [0.25, 0.3) is 10.8 Å². The highest BCUT2D eigenvalue weighted by Crippen LogP contribution is 2.26. The molecule has 92 valence electrons. The molecule has 3 nitrogen and oxygen atoms in total. The molecule has 0 radical (unpaired) electrons. The Morgan fingerprint density at radius 2 is 2.28 bits per heavy atom. The van der Waals surface area contributed by atoms with Crippen molar-refractivity contribution in [2.75, 3.05) is 6.61 Å². The Morgan fingerprint density at radius 3 is 3.06 bits per heavy atom. The van der Waals surface area contributed by atoms with Crippen LogP contribution in [0.1, 0.15) is 23.7 Å². The molecule has 1 aliphatic rings. The third kappa shape index (κ3) is 1.81. The average Bonchev–Trinajstić information content (AvgIpc) is 2.83. The van der Waals surface area contributed by atoms with Gasteiger partial charge in [0.05, 0.1) is 0 Å². The third-order valence-corrected chi connectivity index (χ3v) is 3.59. The SMILES string of the molecule is CC1CCOC1C(=O)c1cccc2ccncc12. The molecule has 2 aromatic rings. The smallest absolute Gasteiger partial charge is 0.192 e. The number of carbonyl (C=O) groups is 1. The van der Waals surface area contributed by atoms with Gasteiger partial charge in [-0.3, -0.25) is 9.78 Å². The summed E-state index contributed by atoms with van der Waals surface area (Å²) < 4.78 is 5.56. The van der Waals surface area contributed by atoms with Crippen LogP contribution < -0.4 is 0 Å². The summed E-state index contributed by atoms with van der Waals surface area (Å²) in [7, 11) is 0. The first-order valence-electron chi connectivity index (χ1n) is 6.26. The molecule has 3 heteroatoms. The first-order valence-corrected chi connectivity index (χ1v) is 6.26. The highest BCUT2D eigenvalue weighted by atomic mass is 16.5. The van der Waals surface area contributed by atoms with Gasteiger partial charge in [0.1, 0.15) is 6.10 Å². The molecular weight excluding hydrogens is 226 g/mol. The monoisotopic (exact) mass is 241 g/mol. The van der Waals surface area contributed by atoms with E-state index in [2.05, 4.69) is 11.9 Å². The molecule has 3 rings (SSSR count). The number of benzene rings is 1. The predicted octanol–water partition coefficient (Wildman–Crippen LogP) is 2.84. The van der Waals surface area contributed by atoms with Gasteiger partial charge in [-0.15, -0.1) is 0 Å². The first-order chi connectivity index (χ1) is 8.77. The Hall–Kier alpha value is -1.74. The van der Waals surface area contributed by atoms with E-state index in [9.17, 15) is 4.79 Å². The fourth-order valence-corrected chi connectivity index (χ4v) is 2.51. The minimum atomic E-state index is -0.296. The number of ketones is 1. The summed E-state index contributed by atoms with van der Waals surface area (Å²) in [6.45, 7) is 2.75. The molecule has 18 heavy (non-hydrogen) atoms. The molecule has 1 aromatic carbocycles. The van der Waals surface area contributed by atoms with Crippen molar-refractivity contribution in [1.82, 2.24) is 4.98 Å². The van der Waals surface area contributed by atoms with Gasteiger partial charge in [0.25, 0.3) is 0 Å². The Bertz CT molecular complexity index is 589. The van der Waals surface area contributed by atoms with Crippen molar-refractivity contribution in [1.29, 1.82) is 0 Å². The zero-order valence-corrected chi connectivity index (χ0v) is 10.3. The van der Waals surface area contributed by atoms with E-state index in [4.69, 9.17) is 4.74 Å². The second kappa shape index (κ2) is 4.50. The molecule has 1 saturated heterocycles. The third-order valence-electron chi connectivity index (χ3n) is 3.59. The molecule has 0 spiro atoms. The number of ether oxygens (including phenoxy) is 1. The summed E-state index contributed by atoms with van der Waals surface area (Å²) in [6.07, 6.45) is 4.16. The lowest BCUT2D eigenvalue weighted by atomic mass is 9.94. The minimum absolute atomic E-state index is 0.0820. The quantitative estimate of drug-likeness (QED) is 0.759. The number of pyridine rings is 1. The van der Waals surface area contributed by atoms with Crippen molar-refractivity contribution >= 4 is 16.6 Å². The Balaban J connectivity index is 2.06. The van der Waals surface area contributed by atoms with Crippen molar-refractivity contribution in [2.24, 2.45) is 5.92 Å². The normalized spacial score (nSPS) is 23.4. The highest BCUT2D eigenvalue weighted by Gasteiger charge is 2.32. The lowest BCUT2D eigenvalue weighted by molar-refractivity contribution is 0.0581. The van der Waals surface area contributed by atoms with Gasteiger partial charge in [-0.05, 0) is 23.8 Å². The number of hydrogen-bond donors (Lipinski definition) is 0. The van der Waals surface area contributed by atoms with Crippen LogP contribution in [0.3, 0.4) is 0 Å². The summed E-state index contributed by atoms with van der Waals surface area (Å²) in [6, 6.07) is 7.69. The molecule has 1 fully saturated rings. The zero-order valence-electron chi connectivity index (χ0n) is 10.3. The molecule has 1 aliphatic heterocycles. The molecule has 0 amide bonds. The Labute approximate surface area is 106 Å². The number of nitrogens with zero attached hydrogens (tertiary/aromatic N) is 1. The van der Waals surface area contributed by atoms with Gasteiger partial charge in [-0.2, -0.15) is 0 Å². The molecule has 2 unspecified atom stereocenters. The lowest BCUT2D eigenvalue weighted by Gasteiger charge is -2.14. The van der Waals surface area contributed by atoms with Crippen molar-refractivity contribution in [3.8, 4) is 0 Å². The fraction of sp³-hybridized carbons (Fsp3) is 0.333. The van der Waals surface area contributed by atoms with E-state index in [-0.39, 0.29) is 11.9 Å². The molecule has 0 aliphatic carbocycles. The molecule has 0 saturated carbocycles. The van der Waals surface area contributed by atoms with E-state index < -0.39 is 0 Å². The van der Waals surface area contributed by atoms with E-state index in [0.29, 0.717) is 12.5 Å². The van der Waals surface area contributed by atoms with Gasteiger partial charge in [0.2, 0.25) is 0 Å². The number of aromatic nitrogens is 1. The van der Waals surface area contributed by atoms with Gasteiger partial charge in [-0.1, -0.05) is 25.1 Å². The van der Waals surface area contributed by atoms with Crippen LogP contribution in [0.15, 0.2) is 36.7 Å². The van der Waals surface area contributed by atoms with E-state index in [1.54, 1.807) is 12.4 Å². The number of fused-ring (bicyclic) bond motifs is 1. The standard InChI is InChI=1S/C15H15NO2/c1-10-6-8-18-15(10)14(17)12-4-2-3-11-5-7-16-9-13(11)12/h2-5,7,9-10,15H,6,8H2,1H3. The zero-order chi connectivity index (χ0) is 12.5. The number of hydrogen-bond acceptors (Lipinski definition) is 3. The van der Waals surface area contributed by atoms with Crippen molar-refractivity contribution in [3.63, 3.8) is 0 Å². The molecule has 2 heterocycles. The maximum absolute atomic E-state index is 12.5. The van der Waals surface area contributed by atoms with Gasteiger partial charge in [-0.25, -0.2) is 0 Å².